The monoisotopic (exact) mass is 595 g/mol. The van der Waals surface area contributed by atoms with Crippen LogP contribution in [0.3, 0.4) is 0 Å². The van der Waals surface area contributed by atoms with E-state index in [1.54, 1.807) is 6.20 Å². The van der Waals surface area contributed by atoms with Crippen molar-refractivity contribution in [2.45, 2.75) is 50.4 Å². The lowest BCUT2D eigenvalue weighted by Gasteiger charge is -2.28. The summed E-state index contributed by atoms with van der Waals surface area (Å²) in [5, 5.41) is 6.93. The van der Waals surface area contributed by atoms with Crippen molar-refractivity contribution in [3.05, 3.63) is 112 Å². The number of nitrogens with zero attached hydrogens (tertiary/aromatic N) is 2. The van der Waals surface area contributed by atoms with E-state index in [4.69, 9.17) is 29.3 Å². The lowest BCUT2D eigenvalue weighted by atomic mass is 9.72. The number of fused-ring (bicyclic) bond motifs is 7. The highest BCUT2D eigenvalue weighted by molar-refractivity contribution is 5.97. The van der Waals surface area contributed by atoms with Gasteiger partial charge >= 0.3 is 0 Å². The Kier molecular flexibility index (Phi) is 4.77. The first-order valence-corrected chi connectivity index (χ1v) is 15.5. The van der Waals surface area contributed by atoms with Crippen molar-refractivity contribution in [3.63, 3.8) is 0 Å². The minimum absolute atomic E-state index is 0.0377. The Labute approximate surface area is 258 Å². The maximum atomic E-state index is 13.4. The molecule has 0 saturated carbocycles. The van der Waals surface area contributed by atoms with Crippen LogP contribution in [0.2, 0.25) is 0 Å². The molecule has 4 N–H and O–H groups in total. The summed E-state index contributed by atoms with van der Waals surface area (Å²) in [5.41, 5.74) is 15.5. The van der Waals surface area contributed by atoms with E-state index in [9.17, 15) is 4.79 Å². The molecule has 3 aromatic carbocycles. The molecular formula is C36H29N5O4. The molecular weight excluding hydrogens is 566 g/mol. The zero-order valence-electron chi connectivity index (χ0n) is 24.7. The van der Waals surface area contributed by atoms with Gasteiger partial charge in [-0.2, -0.15) is 0 Å². The quantitative estimate of drug-likeness (QED) is 0.233. The molecule has 0 fully saturated rings. The fourth-order valence-electron chi connectivity index (χ4n) is 8.01. The van der Waals surface area contributed by atoms with E-state index in [1.807, 2.05) is 26.0 Å². The minimum Gasteiger partial charge on any atom is -0.469 e. The van der Waals surface area contributed by atoms with Crippen molar-refractivity contribution < 1.29 is 18.4 Å². The summed E-state index contributed by atoms with van der Waals surface area (Å²) in [5.74, 6) is 2.40. The van der Waals surface area contributed by atoms with Crippen LogP contribution >= 0.6 is 0 Å². The van der Waals surface area contributed by atoms with Crippen LogP contribution < -0.4 is 21.1 Å². The zero-order valence-corrected chi connectivity index (χ0v) is 24.7. The van der Waals surface area contributed by atoms with Gasteiger partial charge in [0.15, 0.2) is 23.4 Å². The van der Waals surface area contributed by atoms with Crippen LogP contribution in [-0.2, 0) is 23.1 Å². The second kappa shape index (κ2) is 8.51. The number of nitrogens with two attached hydrogens (primary N) is 1. The normalized spacial score (nSPS) is 24.5. The third kappa shape index (κ3) is 3.13. The largest absolute Gasteiger partial charge is 0.469 e. The van der Waals surface area contributed by atoms with Crippen molar-refractivity contribution in [3.8, 4) is 28.5 Å². The van der Waals surface area contributed by atoms with Gasteiger partial charge in [-0.3, -0.25) is 4.79 Å². The Balaban J connectivity index is 1.37. The summed E-state index contributed by atoms with van der Waals surface area (Å²) in [4.78, 5) is 23.3. The number of carbonyl (C=O) groups excluding carboxylic acids is 1. The second-order valence-electron chi connectivity index (χ2n) is 13.0. The van der Waals surface area contributed by atoms with Gasteiger partial charge in [-0.25, -0.2) is 9.97 Å². The molecule has 9 nitrogen and oxygen atoms in total. The first-order valence-electron chi connectivity index (χ1n) is 15.5. The standard InChI is InChI=1S/C36H29N5O4/c1-16(2)28-34-40-30-31(45-34)36-22-8-4-7-20(19-6-3-5-18-10-11-21(27(18)19)26-15-38-33(30)43-26)29(22)41-35(36)44-25-12-9-17(13-23(25)36)14-24(37)32(42)39-28/h3-9,11-13,15-16,24,28,35,41H,10,14,37H2,1-2H3,(H,39,42). The Morgan fingerprint density at radius 2 is 1.89 bits per heavy atom. The van der Waals surface area contributed by atoms with Crippen LogP contribution in [0.25, 0.3) is 28.3 Å². The fourth-order valence-corrected chi connectivity index (χ4v) is 8.01. The molecule has 1 amide bonds. The van der Waals surface area contributed by atoms with Gasteiger partial charge in [0.2, 0.25) is 17.7 Å². The number of ether oxygens (including phenoxy) is 1. The number of para-hydroxylation sites is 1. The smallest absolute Gasteiger partial charge is 0.249 e. The third-order valence-corrected chi connectivity index (χ3v) is 10.1. The van der Waals surface area contributed by atoms with E-state index in [1.165, 1.54) is 5.56 Å². The number of anilines is 1. The van der Waals surface area contributed by atoms with E-state index in [0.717, 1.165) is 56.8 Å². The molecule has 4 aliphatic heterocycles. The van der Waals surface area contributed by atoms with Gasteiger partial charge in [0.1, 0.15) is 17.2 Å². The fraction of sp³-hybridized carbons (Fsp3) is 0.250. The average molecular weight is 596 g/mol. The Bertz CT molecular complexity index is 2160. The molecule has 9 heteroatoms. The molecule has 2 aromatic heterocycles. The molecule has 4 unspecified atom stereocenters. The van der Waals surface area contributed by atoms with Crippen molar-refractivity contribution in [2.75, 3.05) is 5.32 Å². The van der Waals surface area contributed by atoms with E-state index in [0.29, 0.717) is 35.4 Å². The van der Waals surface area contributed by atoms with Crippen molar-refractivity contribution >= 4 is 17.2 Å². The number of benzene rings is 3. The topological polar surface area (TPSA) is 128 Å². The van der Waals surface area contributed by atoms with Crippen LogP contribution in [0.4, 0.5) is 5.69 Å². The second-order valence-corrected chi connectivity index (χ2v) is 13.0. The van der Waals surface area contributed by atoms with E-state index >= 15 is 0 Å². The summed E-state index contributed by atoms with van der Waals surface area (Å²) in [6.45, 7) is 4.05. The summed E-state index contributed by atoms with van der Waals surface area (Å²) >= 11 is 0. The number of amides is 1. The molecule has 5 aliphatic rings. The molecule has 0 radical (unpaired) electrons. The predicted molar refractivity (Wildman–Crippen MR) is 166 cm³/mol. The number of carbonyl (C=O) groups is 1. The van der Waals surface area contributed by atoms with E-state index < -0.39 is 23.7 Å². The molecule has 10 bridgehead atoms. The lowest BCUT2D eigenvalue weighted by molar-refractivity contribution is -0.123. The van der Waals surface area contributed by atoms with E-state index in [-0.39, 0.29) is 11.8 Å². The van der Waals surface area contributed by atoms with Gasteiger partial charge in [0, 0.05) is 28.0 Å². The van der Waals surface area contributed by atoms with Crippen LogP contribution in [0.15, 0.2) is 75.7 Å². The summed E-state index contributed by atoms with van der Waals surface area (Å²) in [6.07, 6.45) is 4.62. The van der Waals surface area contributed by atoms with Crippen LogP contribution in [0.5, 0.6) is 5.75 Å². The van der Waals surface area contributed by atoms with Gasteiger partial charge in [-0.05, 0) is 47.1 Å². The number of aromatic nitrogens is 2. The predicted octanol–water partition coefficient (Wildman–Crippen LogP) is 5.47. The summed E-state index contributed by atoms with van der Waals surface area (Å²) in [7, 11) is 0. The van der Waals surface area contributed by atoms with Gasteiger partial charge in [0.25, 0.3) is 0 Å². The Hall–Kier alpha value is -5.15. The molecule has 4 atom stereocenters. The molecule has 6 heterocycles. The number of nitrogens with one attached hydrogen (secondary N) is 2. The van der Waals surface area contributed by atoms with Gasteiger partial charge in [-0.15, -0.1) is 0 Å². The first kappa shape index (κ1) is 25.2. The van der Waals surface area contributed by atoms with Crippen molar-refractivity contribution in [1.29, 1.82) is 0 Å². The van der Waals surface area contributed by atoms with Crippen LogP contribution in [-0.4, -0.2) is 28.1 Å². The number of allylic oxidation sites excluding steroid dienone is 1. The number of hydrogen-bond donors (Lipinski definition) is 3. The van der Waals surface area contributed by atoms with Crippen LogP contribution in [0, 0.1) is 5.92 Å². The van der Waals surface area contributed by atoms with E-state index in [2.05, 4.69) is 59.2 Å². The molecule has 5 aromatic rings. The molecule has 1 aliphatic carbocycles. The molecule has 1 spiro atoms. The molecule has 10 rings (SSSR count). The number of rotatable bonds is 1. The summed E-state index contributed by atoms with van der Waals surface area (Å²) in [6, 6.07) is 17.7. The van der Waals surface area contributed by atoms with Gasteiger partial charge < -0.3 is 29.9 Å². The maximum Gasteiger partial charge on any atom is 0.249 e. The Morgan fingerprint density at radius 3 is 2.78 bits per heavy atom. The van der Waals surface area contributed by atoms with Crippen molar-refractivity contribution in [1.82, 2.24) is 15.3 Å². The average Bonchev–Trinajstić information content (AvgIpc) is 3.84. The summed E-state index contributed by atoms with van der Waals surface area (Å²) < 4.78 is 20.3. The van der Waals surface area contributed by atoms with Crippen LogP contribution in [0.1, 0.15) is 65.1 Å². The van der Waals surface area contributed by atoms with Gasteiger partial charge in [0.05, 0.1) is 12.2 Å². The molecule has 222 valence electrons. The maximum absolute atomic E-state index is 13.4. The highest BCUT2D eigenvalue weighted by atomic mass is 16.5. The number of hydrogen-bond acceptors (Lipinski definition) is 8. The lowest BCUT2D eigenvalue weighted by Crippen LogP contribution is -2.45. The molecule has 0 saturated heterocycles. The number of oxazole rings is 2. The highest BCUT2D eigenvalue weighted by Gasteiger charge is 2.61. The third-order valence-electron chi connectivity index (χ3n) is 10.1. The first-order chi connectivity index (χ1) is 21.9. The molecule has 45 heavy (non-hydrogen) atoms. The Morgan fingerprint density at radius 1 is 1.02 bits per heavy atom. The highest BCUT2D eigenvalue weighted by Crippen LogP contribution is 2.61. The zero-order chi connectivity index (χ0) is 30.2. The van der Waals surface area contributed by atoms with Gasteiger partial charge in [-0.1, -0.05) is 68.5 Å². The minimum atomic E-state index is -0.934. The van der Waals surface area contributed by atoms with Crippen molar-refractivity contribution in [2.24, 2.45) is 11.7 Å². The SMILES string of the molecule is CC(C)C1NC(=O)C(N)Cc2ccc3c(c2)C24c5cccc(c5NC2O3)-c2cccc3c2C(=CC3)c2cnc(o2)-c2nc1oc24.